The van der Waals surface area contributed by atoms with E-state index < -0.39 is 12.9 Å². The van der Waals surface area contributed by atoms with Crippen LogP contribution in [0.3, 0.4) is 0 Å². The van der Waals surface area contributed by atoms with Gasteiger partial charge in [0.2, 0.25) is 6.79 Å². The summed E-state index contributed by atoms with van der Waals surface area (Å²) in [6.45, 7) is 1.21. The van der Waals surface area contributed by atoms with Crippen molar-refractivity contribution in [3.63, 3.8) is 0 Å². The molecule has 0 aromatic heterocycles. The standard InChI is InChI=1S/C7H9O7/c8-3-11-5-14-7(9)12-2-6-1-10-4-13-6/h6H,1-2,4-5H2. The van der Waals surface area contributed by atoms with Crippen molar-refractivity contribution in [1.29, 1.82) is 0 Å². The first kappa shape index (κ1) is 10.7. The third kappa shape index (κ3) is 4.06. The van der Waals surface area contributed by atoms with Gasteiger partial charge in [-0.05, 0) is 0 Å². The molecule has 0 spiro atoms. The van der Waals surface area contributed by atoms with Gasteiger partial charge in [0.15, 0.2) is 0 Å². The Balaban J connectivity index is 1.99. The molecule has 7 nitrogen and oxygen atoms in total. The van der Waals surface area contributed by atoms with Crippen LogP contribution in [-0.2, 0) is 28.5 Å². The number of carbonyl (C=O) groups is 1. The second-order valence-corrected chi connectivity index (χ2v) is 2.33. The van der Waals surface area contributed by atoms with Crippen LogP contribution >= 0.6 is 0 Å². The molecule has 0 saturated carbocycles. The molecule has 79 valence electrons. The van der Waals surface area contributed by atoms with E-state index in [0.29, 0.717) is 6.61 Å². The van der Waals surface area contributed by atoms with Crippen LogP contribution in [-0.4, -0.2) is 45.5 Å². The Bertz CT molecular complexity index is 186. The molecule has 14 heavy (non-hydrogen) atoms. The molecule has 1 radical (unpaired) electrons. The summed E-state index contributed by atoms with van der Waals surface area (Å²) in [5, 5.41) is 0. The molecule has 0 bridgehead atoms. The lowest BCUT2D eigenvalue weighted by atomic mass is 10.4. The summed E-state index contributed by atoms with van der Waals surface area (Å²) >= 11 is 0. The van der Waals surface area contributed by atoms with Crippen LogP contribution in [0.25, 0.3) is 0 Å². The average Bonchev–Trinajstić information content (AvgIpc) is 2.68. The van der Waals surface area contributed by atoms with E-state index in [-0.39, 0.29) is 19.5 Å². The van der Waals surface area contributed by atoms with E-state index in [1.807, 2.05) is 0 Å². The lowest BCUT2D eigenvalue weighted by Crippen LogP contribution is -2.21. The summed E-state index contributed by atoms with van der Waals surface area (Å²) in [4.78, 5) is 20.3. The van der Waals surface area contributed by atoms with Crippen LogP contribution < -0.4 is 0 Å². The van der Waals surface area contributed by atoms with Gasteiger partial charge in [-0.3, -0.25) is 0 Å². The molecule has 1 unspecified atom stereocenters. The van der Waals surface area contributed by atoms with Crippen molar-refractivity contribution >= 4 is 12.6 Å². The van der Waals surface area contributed by atoms with Crippen LogP contribution in [0.1, 0.15) is 0 Å². The maximum Gasteiger partial charge on any atom is 0.511 e. The second-order valence-electron chi connectivity index (χ2n) is 2.33. The number of ether oxygens (including phenoxy) is 5. The zero-order chi connectivity index (χ0) is 10.2. The van der Waals surface area contributed by atoms with Gasteiger partial charge < -0.3 is 23.7 Å². The minimum atomic E-state index is -0.934. The van der Waals surface area contributed by atoms with Crippen LogP contribution in [0.4, 0.5) is 4.79 Å². The fourth-order valence-electron chi connectivity index (χ4n) is 0.773. The fourth-order valence-corrected chi connectivity index (χ4v) is 0.773. The molecule has 1 aliphatic heterocycles. The Hall–Kier alpha value is -1.34. The predicted molar refractivity (Wildman–Crippen MR) is 39.8 cm³/mol. The van der Waals surface area contributed by atoms with Gasteiger partial charge in [0.05, 0.1) is 6.61 Å². The highest BCUT2D eigenvalue weighted by Crippen LogP contribution is 2.03. The van der Waals surface area contributed by atoms with Crippen molar-refractivity contribution in [2.24, 2.45) is 0 Å². The molecule has 1 heterocycles. The summed E-state index contributed by atoms with van der Waals surface area (Å²) in [5.74, 6) is 0. The van der Waals surface area contributed by atoms with Crippen molar-refractivity contribution in [3.05, 3.63) is 0 Å². The molecule has 0 aromatic rings. The Morgan fingerprint density at radius 3 is 3.00 bits per heavy atom. The van der Waals surface area contributed by atoms with Crippen LogP contribution in [0, 0.1) is 0 Å². The molecule has 0 aliphatic carbocycles. The molecule has 1 fully saturated rings. The van der Waals surface area contributed by atoms with Crippen molar-refractivity contribution in [3.8, 4) is 0 Å². The summed E-state index contributed by atoms with van der Waals surface area (Å²) in [7, 11) is 0. The third-order valence-electron chi connectivity index (χ3n) is 1.37. The number of carbonyl (C=O) groups excluding carboxylic acids is 2. The van der Waals surface area contributed by atoms with E-state index in [1.165, 1.54) is 0 Å². The number of hydrogen-bond acceptors (Lipinski definition) is 7. The summed E-state index contributed by atoms with van der Waals surface area (Å²) in [5.41, 5.74) is 0. The van der Waals surface area contributed by atoms with E-state index in [9.17, 15) is 9.59 Å². The smallest absolute Gasteiger partial charge is 0.431 e. The molecular weight excluding hydrogens is 196 g/mol. The molecule has 7 heteroatoms. The van der Waals surface area contributed by atoms with Gasteiger partial charge in [-0.1, -0.05) is 0 Å². The zero-order valence-electron chi connectivity index (χ0n) is 7.26. The quantitative estimate of drug-likeness (QED) is 0.341. The highest BCUT2D eigenvalue weighted by molar-refractivity contribution is 5.59. The normalized spacial score (nSPS) is 20.1. The first-order chi connectivity index (χ1) is 6.83. The highest BCUT2D eigenvalue weighted by atomic mass is 16.8. The second kappa shape index (κ2) is 6.17. The lowest BCUT2D eigenvalue weighted by molar-refractivity contribution is -0.0241. The van der Waals surface area contributed by atoms with E-state index in [2.05, 4.69) is 14.2 Å². The van der Waals surface area contributed by atoms with Crippen molar-refractivity contribution in [2.45, 2.75) is 6.10 Å². The Morgan fingerprint density at radius 2 is 2.36 bits per heavy atom. The SMILES string of the molecule is O=[C]OCOC(=O)OCC1COCO1. The van der Waals surface area contributed by atoms with Gasteiger partial charge in [-0.2, -0.15) is 0 Å². The minimum Gasteiger partial charge on any atom is -0.431 e. The van der Waals surface area contributed by atoms with Gasteiger partial charge >= 0.3 is 12.6 Å². The van der Waals surface area contributed by atoms with Gasteiger partial charge in [0.25, 0.3) is 0 Å². The van der Waals surface area contributed by atoms with E-state index in [0.717, 1.165) is 6.47 Å². The fraction of sp³-hybridized carbons (Fsp3) is 0.714. The molecule has 1 rings (SSSR count). The van der Waals surface area contributed by atoms with Crippen molar-refractivity contribution < 1.29 is 33.3 Å². The summed E-state index contributed by atoms with van der Waals surface area (Å²) in [6, 6.07) is 0. The molecule has 1 saturated heterocycles. The Labute approximate surface area is 79.8 Å². The zero-order valence-corrected chi connectivity index (χ0v) is 7.26. The van der Waals surface area contributed by atoms with Gasteiger partial charge in [-0.15, -0.1) is 0 Å². The molecule has 1 atom stereocenters. The van der Waals surface area contributed by atoms with Gasteiger partial charge in [0, 0.05) is 0 Å². The molecule has 0 amide bonds. The van der Waals surface area contributed by atoms with Crippen LogP contribution in [0.15, 0.2) is 0 Å². The predicted octanol–water partition coefficient (Wildman–Crippen LogP) is -0.446. The van der Waals surface area contributed by atoms with Crippen LogP contribution in [0.5, 0.6) is 0 Å². The summed E-state index contributed by atoms with van der Waals surface area (Å²) in [6.07, 6.45) is -1.20. The Kier molecular flexibility index (Phi) is 4.73. The average molecular weight is 205 g/mol. The first-order valence-corrected chi connectivity index (χ1v) is 3.80. The number of hydrogen-bond donors (Lipinski definition) is 0. The maximum absolute atomic E-state index is 10.7. The molecular formula is C7H9O7. The molecule has 1 aliphatic rings. The minimum absolute atomic E-state index is 0.0453. The topological polar surface area (TPSA) is 80.3 Å². The summed E-state index contributed by atoms with van der Waals surface area (Å²) < 4.78 is 22.7. The van der Waals surface area contributed by atoms with Gasteiger partial charge in [-0.25, -0.2) is 9.59 Å². The third-order valence-corrected chi connectivity index (χ3v) is 1.37. The van der Waals surface area contributed by atoms with Crippen molar-refractivity contribution in [2.75, 3.05) is 26.8 Å². The van der Waals surface area contributed by atoms with E-state index in [1.54, 1.807) is 0 Å². The van der Waals surface area contributed by atoms with Gasteiger partial charge in [0.1, 0.15) is 19.5 Å². The lowest BCUT2D eigenvalue weighted by Gasteiger charge is -2.07. The van der Waals surface area contributed by atoms with Crippen LogP contribution in [0.2, 0.25) is 0 Å². The van der Waals surface area contributed by atoms with Crippen molar-refractivity contribution in [1.82, 2.24) is 0 Å². The number of rotatable bonds is 5. The largest absolute Gasteiger partial charge is 0.511 e. The first-order valence-electron chi connectivity index (χ1n) is 3.80. The molecule has 0 aromatic carbocycles. The van der Waals surface area contributed by atoms with E-state index in [4.69, 9.17) is 9.47 Å². The maximum atomic E-state index is 10.7. The molecule has 0 N–H and O–H groups in total. The highest BCUT2D eigenvalue weighted by Gasteiger charge is 2.18. The monoisotopic (exact) mass is 205 g/mol. The Morgan fingerprint density at radius 1 is 1.50 bits per heavy atom. The van der Waals surface area contributed by atoms with E-state index >= 15 is 0 Å².